The van der Waals surface area contributed by atoms with Gasteiger partial charge in [-0.3, -0.25) is 9.59 Å². The van der Waals surface area contributed by atoms with Gasteiger partial charge in [0.2, 0.25) is 5.91 Å². The molecule has 1 aromatic heterocycles. The van der Waals surface area contributed by atoms with Crippen molar-refractivity contribution < 1.29 is 4.79 Å². The van der Waals surface area contributed by atoms with E-state index >= 15 is 0 Å². The van der Waals surface area contributed by atoms with Crippen LogP contribution in [0.2, 0.25) is 0 Å². The number of aromatic nitrogens is 1. The average Bonchev–Trinajstić information content (AvgIpc) is 2.51. The van der Waals surface area contributed by atoms with Crippen molar-refractivity contribution in [3.8, 4) is 0 Å². The molecule has 2 heterocycles. The minimum absolute atomic E-state index is 0.0473. The van der Waals surface area contributed by atoms with Gasteiger partial charge in [-0.2, -0.15) is 0 Å². The van der Waals surface area contributed by atoms with E-state index in [1.807, 2.05) is 35.2 Å². The van der Waals surface area contributed by atoms with Crippen LogP contribution in [0.1, 0.15) is 25.8 Å². The predicted molar refractivity (Wildman–Crippen MR) is 91.6 cm³/mol. The Morgan fingerprint density at radius 2 is 2.09 bits per heavy atom. The quantitative estimate of drug-likeness (QED) is 0.906. The van der Waals surface area contributed by atoms with E-state index in [1.165, 1.54) is 0 Å². The third kappa shape index (κ3) is 3.62. The summed E-state index contributed by atoms with van der Waals surface area (Å²) in [7, 11) is 0. The predicted octanol–water partition coefficient (Wildman–Crippen LogP) is 1.67. The van der Waals surface area contributed by atoms with E-state index in [0.29, 0.717) is 24.9 Å². The fraction of sp³-hybridized carbons (Fsp3) is 0.444. The van der Waals surface area contributed by atoms with Gasteiger partial charge in [0.05, 0.1) is 0 Å². The lowest BCUT2D eigenvalue weighted by Gasteiger charge is -2.39. The lowest BCUT2D eigenvalue weighted by Crippen LogP contribution is -2.58. The fourth-order valence-corrected chi connectivity index (χ4v) is 3.13. The van der Waals surface area contributed by atoms with Crippen molar-refractivity contribution in [2.75, 3.05) is 19.6 Å². The molecule has 0 radical (unpaired) electrons. The van der Waals surface area contributed by atoms with E-state index in [9.17, 15) is 9.59 Å². The number of H-pyrrole nitrogens is 1. The van der Waals surface area contributed by atoms with Gasteiger partial charge in [-0.15, -0.1) is 0 Å². The smallest absolute Gasteiger partial charge is 0.251 e. The van der Waals surface area contributed by atoms with E-state index in [-0.39, 0.29) is 17.0 Å². The molecule has 0 saturated carbocycles. The van der Waals surface area contributed by atoms with Gasteiger partial charge >= 0.3 is 0 Å². The standard InChI is InChI=1S/C18H23N3O2/c1-18(2)12-21(10-9-19-18)16(22)8-7-14-11-13-5-3-4-6-15(13)20-17(14)23/h3-6,11,19H,7-10,12H2,1-2H3,(H,20,23). The summed E-state index contributed by atoms with van der Waals surface area (Å²) < 4.78 is 0. The normalized spacial score (nSPS) is 17.4. The van der Waals surface area contributed by atoms with Gasteiger partial charge in [0.25, 0.3) is 5.56 Å². The molecule has 0 unspecified atom stereocenters. The molecule has 0 bridgehead atoms. The van der Waals surface area contributed by atoms with E-state index in [0.717, 1.165) is 24.0 Å². The third-order valence-corrected chi connectivity index (χ3v) is 4.36. The summed E-state index contributed by atoms with van der Waals surface area (Å²) in [5.74, 6) is 0.118. The molecule has 23 heavy (non-hydrogen) atoms. The van der Waals surface area contributed by atoms with Crippen molar-refractivity contribution in [3.63, 3.8) is 0 Å². The number of pyridine rings is 1. The first kappa shape index (κ1) is 15.7. The van der Waals surface area contributed by atoms with Crippen molar-refractivity contribution in [2.45, 2.75) is 32.2 Å². The Balaban J connectivity index is 1.69. The van der Waals surface area contributed by atoms with Crippen LogP contribution >= 0.6 is 0 Å². The van der Waals surface area contributed by atoms with Crippen molar-refractivity contribution in [3.05, 3.63) is 46.2 Å². The maximum absolute atomic E-state index is 12.4. The number of hydrogen-bond donors (Lipinski definition) is 2. The number of nitrogens with zero attached hydrogens (tertiary/aromatic N) is 1. The number of piperazine rings is 1. The minimum Gasteiger partial charge on any atom is -0.340 e. The molecule has 0 atom stereocenters. The number of benzene rings is 1. The molecule has 0 spiro atoms. The second-order valence-electron chi connectivity index (χ2n) is 6.84. The molecule has 1 fully saturated rings. The van der Waals surface area contributed by atoms with Gasteiger partial charge in [0.1, 0.15) is 0 Å². The molecule has 1 amide bonds. The number of fused-ring (bicyclic) bond motifs is 1. The van der Waals surface area contributed by atoms with Gasteiger partial charge in [-0.25, -0.2) is 0 Å². The summed E-state index contributed by atoms with van der Waals surface area (Å²) in [5.41, 5.74) is 1.36. The van der Waals surface area contributed by atoms with Crippen molar-refractivity contribution >= 4 is 16.8 Å². The lowest BCUT2D eigenvalue weighted by atomic mass is 10.0. The zero-order valence-electron chi connectivity index (χ0n) is 13.7. The van der Waals surface area contributed by atoms with Crippen LogP contribution in [0.4, 0.5) is 0 Å². The molecular weight excluding hydrogens is 290 g/mol. The Labute approximate surface area is 135 Å². The number of aryl methyl sites for hydroxylation is 1. The number of carbonyl (C=O) groups is 1. The number of para-hydroxylation sites is 1. The number of nitrogens with one attached hydrogen (secondary N) is 2. The summed E-state index contributed by atoms with van der Waals surface area (Å²) in [4.78, 5) is 29.3. The van der Waals surface area contributed by atoms with E-state index < -0.39 is 0 Å². The lowest BCUT2D eigenvalue weighted by molar-refractivity contribution is -0.133. The van der Waals surface area contributed by atoms with E-state index in [2.05, 4.69) is 24.1 Å². The van der Waals surface area contributed by atoms with Crippen molar-refractivity contribution in [1.29, 1.82) is 0 Å². The van der Waals surface area contributed by atoms with Crippen molar-refractivity contribution in [2.24, 2.45) is 0 Å². The summed E-state index contributed by atoms with van der Waals surface area (Å²) in [6, 6.07) is 9.58. The van der Waals surface area contributed by atoms with Gasteiger partial charge in [-0.05, 0) is 37.8 Å². The summed E-state index contributed by atoms with van der Waals surface area (Å²) in [6.45, 7) is 6.45. The van der Waals surface area contributed by atoms with Crippen LogP contribution in [-0.4, -0.2) is 41.0 Å². The zero-order chi connectivity index (χ0) is 16.4. The average molecular weight is 313 g/mol. The molecule has 1 saturated heterocycles. The number of hydrogen-bond acceptors (Lipinski definition) is 3. The number of aromatic amines is 1. The van der Waals surface area contributed by atoms with Crippen LogP contribution in [-0.2, 0) is 11.2 Å². The Hall–Kier alpha value is -2.14. The SMILES string of the molecule is CC1(C)CN(C(=O)CCc2cc3ccccc3[nH]c2=O)CCN1. The van der Waals surface area contributed by atoms with Gasteiger partial charge in [0, 0.05) is 42.7 Å². The first-order chi connectivity index (χ1) is 10.9. The monoisotopic (exact) mass is 313 g/mol. The number of carbonyl (C=O) groups excluding carboxylic acids is 1. The van der Waals surface area contributed by atoms with Crippen LogP contribution in [0.25, 0.3) is 10.9 Å². The molecule has 122 valence electrons. The highest BCUT2D eigenvalue weighted by Crippen LogP contribution is 2.14. The Bertz CT molecular complexity index is 779. The largest absolute Gasteiger partial charge is 0.340 e. The van der Waals surface area contributed by atoms with Gasteiger partial charge in [-0.1, -0.05) is 18.2 Å². The van der Waals surface area contributed by atoms with E-state index in [1.54, 1.807) is 0 Å². The molecule has 1 aromatic carbocycles. The van der Waals surface area contributed by atoms with Crippen LogP contribution in [0.3, 0.4) is 0 Å². The van der Waals surface area contributed by atoms with E-state index in [4.69, 9.17) is 0 Å². The van der Waals surface area contributed by atoms with Gasteiger partial charge in [0.15, 0.2) is 0 Å². The molecular formula is C18H23N3O2. The van der Waals surface area contributed by atoms with Crippen LogP contribution < -0.4 is 10.9 Å². The topological polar surface area (TPSA) is 65.2 Å². The Morgan fingerprint density at radius 3 is 2.87 bits per heavy atom. The second kappa shape index (κ2) is 6.16. The molecule has 0 aliphatic carbocycles. The fourth-order valence-electron chi connectivity index (χ4n) is 3.13. The first-order valence-corrected chi connectivity index (χ1v) is 8.08. The second-order valence-corrected chi connectivity index (χ2v) is 6.84. The highest BCUT2D eigenvalue weighted by atomic mass is 16.2. The summed E-state index contributed by atoms with van der Waals surface area (Å²) in [5, 5.41) is 4.40. The first-order valence-electron chi connectivity index (χ1n) is 8.08. The third-order valence-electron chi connectivity index (χ3n) is 4.36. The molecule has 5 nitrogen and oxygen atoms in total. The Morgan fingerprint density at radius 1 is 1.30 bits per heavy atom. The Kier molecular flexibility index (Phi) is 4.22. The molecule has 1 aliphatic rings. The number of rotatable bonds is 3. The zero-order valence-corrected chi connectivity index (χ0v) is 13.7. The highest BCUT2D eigenvalue weighted by molar-refractivity contribution is 5.79. The molecule has 2 N–H and O–H groups in total. The highest BCUT2D eigenvalue weighted by Gasteiger charge is 2.28. The summed E-state index contributed by atoms with van der Waals surface area (Å²) in [6.07, 6.45) is 0.848. The van der Waals surface area contributed by atoms with Crippen molar-refractivity contribution in [1.82, 2.24) is 15.2 Å². The molecule has 2 aromatic rings. The number of amides is 1. The maximum atomic E-state index is 12.4. The molecule has 1 aliphatic heterocycles. The van der Waals surface area contributed by atoms with Crippen LogP contribution in [0.15, 0.2) is 35.1 Å². The summed E-state index contributed by atoms with van der Waals surface area (Å²) >= 11 is 0. The van der Waals surface area contributed by atoms with Crippen LogP contribution in [0.5, 0.6) is 0 Å². The maximum Gasteiger partial charge on any atom is 0.251 e. The molecule has 3 rings (SSSR count). The minimum atomic E-state index is -0.0999. The van der Waals surface area contributed by atoms with Crippen LogP contribution in [0, 0.1) is 0 Å². The van der Waals surface area contributed by atoms with Gasteiger partial charge < -0.3 is 15.2 Å². The molecule has 5 heteroatoms.